The quantitative estimate of drug-likeness (QED) is 0.677. The van der Waals surface area contributed by atoms with Crippen molar-refractivity contribution < 1.29 is 4.39 Å². The van der Waals surface area contributed by atoms with Gasteiger partial charge in [-0.1, -0.05) is 71.8 Å². The van der Waals surface area contributed by atoms with E-state index < -0.39 is 0 Å². The average Bonchev–Trinajstić information content (AvgIpc) is 3.12. The molecule has 142 valence electrons. The molecule has 0 aromatic heterocycles. The van der Waals surface area contributed by atoms with Crippen LogP contribution >= 0.6 is 0 Å². The van der Waals surface area contributed by atoms with Crippen LogP contribution < -0.4 is 10.6 Å². The van der Waals surface area contributed by atoms with Crippen LogP contribution in [0.15, 0.2) is 77.8 Å². The van der Waals surface area contributed by atoms with E-state index in [1.165, 1.54) is 34.4 Å². The molecule has 3 nitrogen and oxygen atoms in total. The molecule has 0 amide bonds. The normalized spacial score (nSPS) is 18.5. The molecule has 0 saturated heterocycles. The van der Waals surface area contributed by atoms with E-state index in [4.69, 9.17) is 4.99 Å². The molecule has 0 saturated carbocycles. The van der Waals surface area contributed by atoms with Crippen molar-refractivity contribution in [3.63, 3.8) is 0 Å². The summed E-state index contributed by atoms with van der Waals surface area (Å²) in [7, 11) is 0. The Morgan fingerprint density at radius 1 is 0.893 bits per heavy atom. The SMILES string of the molecule is Cc1cccc([C@H]2NC(NCc3ccc(F)cc3)=N[C@H]2c2cccc(C)c2)c1. The van der Waals surface area contributed by atoms with Crippen molar-refractivity contribution in [1.29, 1.82) is 0 Å². The number of hydrogen-bond acceptors (Lipinski definition) is 3. The monoisotopic (exact) mass is 373 g/mol. The lowest BCUT2D eigenvalue weighted by atomic mass is 9.93. The zero-order chi connectivity index (χ0) is 19.5. The lowest BCUT2D eigenvalue weighted by molar-refractivity contribution is 0.569. The van der Waals surface area contributed by atoms with Crippen LogP contribution in [-0.2, 0) is 6.54 Å². The molecule has 0 bridgehead atoms. The van der Waals surface area contributed by atoms with Gasteiger partial charge in [0.2, 0.25) is 0 Å². The third-order valence-electron chi connectivity index (χ3n) is 5.03. The molecule has 1 heterocycles. The second kappa shape index (κ2) is 7.85. The average molecular weight is 373 g/mol. The number of nitrogens with zero attached hydrogens (tertiary/aromatic N) is 1. The largest absolute Gasteiger partial charge is 0.352 e. The molecule has 0 aliphatic carbocycles. The molecule has 0 radical (unpaired) electrons. The Hall–Kier alpha value is -3.14. The fourth-order valence-electron chi connectivity index (χ4n) is 3.61. The highest BCUT2D eigenvalue weighted by molar-refractivity contribution is 5.82. The fourth-order valence-corrected chi connectivity index (χ4v) is 3.61. The first kappa shape index (κ1) is 18.2. The molecule has 4 rings (SSSR count). The Labute approximate surface area is 165 Å². The predicted octanol–water partition coefficient (Wildman–Crippen LogP) is 4.97. The number of nitrogens with one attached hydrogen (secondary N) is 2. The number of benzene rings is 3. The second-order valence-electron chi connectivity index (χ2n) is 7.35. The van der Waals surface area contributed by atoms with E-state index in [0.29, 0.717) is 6.54 Å². The van der Waals surface area contributed by atoms with Crippen LogP contribution in [0.3, 0.4) is 0 Å². The Bertz CT molecular complexity index is 995. The van der Waals surface area contributed by atoms with Gasteiger partial charge in [0.1, 0.15) is 11.9 Å². The van der Waals surface area contributed by atoms with Gasteiger partial charge in [-0.05, 0) is 42.7 Å². The van der Waals surface area contributed by atoms with Gasteiger partial charge in [0.15, 0.2) is 5.96 Å². The maximum atomic E-state index is 13.1. The minimum Gasteiger partial charge on any atom is -0.352 e. The third-order valence-corrected chi connectivity index (χ3v) is 5.03. The van der Waals surface area contributed by atoms with Gasteiger partial charge in [0.25, 0.3) is 0 Å². The zero-order valence-corrected chi connectivity index (χ0v) is 16.1. The van der Waals surface area contributed by atoms with E-state index in [9.17, 15) is 4.39 Å². The van der Waals surface area contributed by atoms with Gasteiger partial charge in [-0.2, -0.15) is 0 Å². The lowest BCUT2D eigenvalue weighted by Crippen LogP contribution is -2.35. The summed E-state index contributed by atoms with van der Waals surface area (Å²) in [4.78, 5) is 4.94. The molecule has 3 aromatic rings. The molecule has 3 aromatic carbocycles. The van der Waals surface area contributed by atoms with Crippen LogP contribution in [-0.4, -0.2) is 5.96 Å². The van der Waals surface area contributed by atoms with Gasteiger partial charge in [0.05, 0.1) is 6.04 Å². The summed E-state index contributed by atoms with van der Waals surface area (Å²) in [6.07, 6.45) is 0. The molecule has 0 unspecified atom stereocenters. The topological polar surface area (TPSA) is 36.4 Å². The Balaban J connectivity index is 1.59. The van der Waals surface area contributed by atoms with Crippen molar-refractivity contribution in [2.24, 2.45) is 4.99 Å². The predicted molar refractivity (Wildman–Crippen MR) is 112 cm³/mol. The second-order valence-corrected chi connectivity index (χ2v) is 7.35. The van der Waals surface area contributed by atoms with E-state index >= 15 is 0 Å². The van der Waals surface area contributed by atoms with Gasteiger partial charge >= 0.3 is 0 Å². The summed E-state index contributed by atoms with van der Waals surface area (Å²) < 4.78 is 13.1. The first-order valence-corrected chi connectivity index (χ1v) is 9.54. The smallest absolute Gasteiger partial charge is 0.192 e. The minimum absolute atomic E-state index is 0.00239. The highest BCUT2D eigenvalue weighted by Crippen LogP contribution is 2.36. The van der Waals surface area contributed by atoms with Crippen molar-refractivity contribution in [2.75, 3.05) is 0 Å². The maximum absolute atomic E-state index is 13.1. The van der Waals surface area contributed by atoms with Gasteiger partial charge in [0, 0.05) is 6.54 Å². The van der Waals surface area contributed by atoms with Gasteiger partial charge in [-0.3, -0.25) is 0 Å². The molecular weight excluding hydrogens is 349 g/mol. The molecule has 2 atom stereocenters. The Morgan fingerprint density at radius 3 is 2.21 bits per heavy atom. The van der Waals surface area contributed by atoms with Crippen molar-refractivity contribution in [2.45, 2.75) is 32.5 Å². The van der Waals surface area contributed by atoms with E-state index in [-0.39, 0.29) is 17.9 Å². The molecule has 1 aliphatic heterocycles. The number of halogens is 1. The van der Waals surface area contributed by atoms with Gasteiger partial charge in [-0.15, -0.1) is 0 Å². The van der Waals surface area contributed by atoms with Crippen molar-refractivity contribution in [3.05, 3.63) is 106 Å². The number of guanidine groups is 1. The molecule has 0 spiro atoms. The summed E-state index contributed by atoms with van der Waals surface area (Å²) in [5, 5.41) is 6.91. The standard InChI is InChI=1S/C24H24FN3/c1-16-5-3-7-19(13-16)22-23(20-8-4-6-17(2)14-20)28-24(27-22)26-15-18-9-11-21(25)12-10-18/h3-14,22-23H,15H2,1-2H3,(H2,26,27,28)/t22-,23+. The van der Waals surface area contributed by atoms with Crippen molar-refractivity contribution in [1.82, 2.24) is 10.6 Å². The minimum atomic E-state index is -0.223. The van der Waals surface area contributed by atoms with Gasteiger partial charge < -0.3 is 10.6 Å². The summed E-state index contributed by atoms with van der Waals surface area (Å²) in [5.41, 5.74) is 5.88. The van der Waals surface area contributed by atoms with E-state index in [1.807, 2.05) is 0 Å². The molecule has 4 heteroatoms. The first-order chi connectivity index (χ1) is 13.6. The van der Waals surface area contributed by atoms with Gasteiger partial charge in [-0.25, -0.2) is 9.38 Å². The zero-order valence-electron chi connectivity index (χ0n) is 16.1. The van der Waals surface area contributed by atoms with E-state index in [1.54, 1.807) is 12.1 Å². The molecule has 0 fully saturated rings. The molecule has 1 aliphatic rings. The highest BCUT2D eigenvalue weighted by atomic mass is 19.1. The fraction of sp³-hybridized carbons (Fsp3) is 0.208. The van der Waals surface area contributed by atoms with Crippen LogP contribution in [0.1, 0.15) is 39.9 Å². The summed E-state index contributed by atoms with van der Waals surface area (Å²) >= 11 is 0. The van der Waals surface area contributed by atoms with Crippen LogP contribution in [0.5, 0.6) is 0 Å². The first-order valence-electron chi connectivity index (χ1n) is 9.54. The van der Waals surface area contributed by atoms with E-state index in [0.717, 1.165) is 11.5 Å². The van der Waals surface area contributed by atoms with Crippen LogP contribution in [0.25, 0.3) is 0 Å². The molecule has 28 heavy (non-hydrogen) atoms. The summed E-state index contributed by atoms with van der Waals surface area (Å²) in [6.45, 7) is 4.80. The number of hydrogen-bond donors (Lipinski definition) is 2. The summed E-state index contributed by atoms with van der Waals surface area (Å²) in [6, 6.07) is 23.6. The van der Waals surface area contributed by atoms with Crippen LogP contribution in [0, 0.1) is 19.7 Å². The molecular formula is C24H24FN3. The lowest BCUT2D eigenvalue weighted by Gasteiger charge is -2.20. The highest BCUT2D eigenvalue weighted by Gasteiger charge is 2.31. The maximum Gasteiger partial charge on any atom is 0.192 e. The van der Waals surface area contributed by atoms with Crippen LogP contribution in [0.2, 0.25) is 0 Å². The van der Waals surface area contributed by atoms with E-state index in [2.05, 4.69) is 73.0 Å². The van der Waals surface area contributed by atoms with Crippen molar-refractivity contribution >= 4 is 5.96 Å². The van der Waals surface area contributed by atoms with Crippen LogP contribution in [0.4, 0.5) is 4.39 Å². The van der Waals surface area contributed by atoms with Crippen molar-refractivity contribution in [3.8, 4) is 0 Å². The number of rotatable bonds is 4. The summed E-state index contributed by atoms with van der Waals surface area (Å²) in [5.74, 6) is 0.543. The third kappa shape index (κ3) is 4.06. The number of aliphatic imine (C=N–C) groups is 1. The Morgan fingerprint density at radius 2 is 1.54 bits per heavy atom. The Kier molecular flexibility index (Phi) is 5.11. The molecule has 2 N–H and O–H groups in total. The number of aryl methyl sites for hydroxylation is 2.